The predicted molar refractivity (Wildman–Crippen MR) is 135 cm³/mol. The van der Waals surface area contributed by atoms with Gasteiger partial charge in [0.25, 0.3) is 21.5 Å². The summed E-state index contributed by atoms with van der Waals surface area (Å²) in [6.45, 7) is 1.98. The molecule has 1 N–H and O–H groups in total. The van der Waals surface area contributed by atoms with Crippen LogP contribution in [0.5, 0.6) is 0 Å². The number of fused-ring (bicyclic) bond motifs is 2. The van der Waals surface area contributed by atoms with E-state index in [0.717, 1.165) is 16.6 Å². The van der Waals surface area contributed by atoms with Gasteiger partial charge in [-0.1, -0.05) is 24.3 Å². The van der Waals surface area contributed by atoms with E-state index >= 15 is 0 Å². The number of H-pyrrole nitrogens is 1. The Morgan fingerprint density at radius 3 is 2.72 bits per heavy atom. The van der Waals surface area contributed by atoms with E-state index in [9.17, 15) is 18.0 Å². The summed E-state index contributed by atoms with van der Waals surface area (Å²) in [5, 5.41) is 9.64. The average Bonchev–Trinajstić information content (AvgIpc) is 3.50. The van der Waals surface area contributed by atoms with Crippen molar-refractivity contribution in [2.75, 3.05) is 10.8 Å². The number of hydrogen-bond donors (Lipinski definition) is 1. The van der Waals surface area contributed by atoms with Crippen LogP contribution in [0.15, 0.2) is 72.8 Å². The number of aromatic nitrogens is 4. The highest BCUT2D eigenvalue weighted by Gasteiger charge is 2.29. The summed E-state index contributed by atoms with van der Waals surface area (Å²) in [7, 11) is -3.94. The number of benzene rings is 2. The minimum absolute atomic E-state index is 0.0128. The maximum absolute atomic E-state index is 13.6. The zero-order chi connectivity index (χ0) is 25.0. The Bertz CT molecular complexity index is 1870. The molecular weight excluding hydrogens is 502 g/mol. The van der Waals surface area contributed by atoms with Crippen molar-refractivity contribution in [3.63, 3.8) is 0 Å². The second kappa shape index (κ2) is 8.28. The van der Waals surface area contributed by atoms with Crippen LogP contribution >= 0.6 is 11.3 Å². The lowest BCUT2D eigenvalue weighted by atomic mass is 10.0. The number of nitrogens with one attached hydrogen (secondary N) is 1. The van der Waals surface area contributed by atoms with E-state index in [2.05, 4.69) is 15.2 Å². The summed E-state index contributed by atoms with van der Waals surface area (Å²) in [5.74, 6) is 0.511. The normalized spacial score (nSPS) is 13.8. The molecular formula is C24H19N5O5S2. The molecule has 3 aromatic heterocycles. The molecule has 2 aromatic carbocycles. The van der Waals surface area contributed by atoms with Crippen LogP contribution in [0.2, 0.25) is 0 Å². The molecule has 1 aliphatic rings. The van der Waals surface area contributed by atoms with E-state index in [1.54, 1.807) is 24.4 Å². The largest absolute Gasteiger partial charge is 0.420 e. The number of sulfonamides is 1. The highest BCUT2D eigenvalue weighted by Crippen LogP contribution is 2.33. The fourth-order valence-corrected chi connectivity index (χ4v) is 6.97. The van der Waals surface area contributed by atoms with Gasteiger partial charge in [0.1, 0.15) is 4.88 Å². The predicted octanol–water partition coefficient (Wildman–Crippen LogP) is 3.24. The van der Waals surface area contributed by atoms with Crippen molar-refractivity contribution in [3.05, 3.63) is 86.2 Å². The lowest BCUT2D eigenvalue weighted by molar-refractivity contribution is 0.534. The summed E-state index contributed by atoms with van der Waals surface area (Å²) >= 11 is 1.19. The minimum atomic E-state index is -3.94. The van der Waals surface area contributed by atoms with E-state index in [1.807, 2.05) is 12.1 Å². The molecule has 0 spiro atoms. The van der Waals surface area contributed by atoms with Gasteiger partial charge in [0.05, 0.1) is 27.2 Å². The highest BCUT2D eigenvalue weighted by atomic mass is 32.2. The molecule has 0 fully saturated rings. The molecule has 0 saturated carbocycles. The number of thiophene rings is 1. The van der Waals surface area contributed by atoms with Crippen LogP contribution in [0.4, 0.5) is 5.69 Å². The van der Waals surface area contributed by atoms with E-state index in [4.69, 9.17) is 4.42 Å². The number of hydrogen-bond acceptors (Lipinski definition) is 8. The lowest BCUT2D eigenvalue weighted by Gasteiger charge is -2.30. The van der Waals surface area contributed by atoms with Crippen molar-refractivity contribution in [1.82, 2.24) is 19.7 Å². The maximum atomic E-state index is 13.6. The monoisotopic (exact) mass is 521 g/mol. The first-order valence-electron chi connectivity index (χ1n) is 11.1. The second-order valence-corrected chi connectivity index (χ2v) is 11.1. The van der Waals surface area contributed by atoms with Crippen molar-refractivity contribution in [2.45, 2.75) is 24.7 Å². The lowest BCUT2D eigenvalue weighted by Crippen LogP contribution is -2.36. The molecule has 0 bridgehead atoms. The molecule has 0 saturated heterocycles. The standard InChI is InChI=1S/C24H19N5O5S2/c1-14-26-27-22(34-14)21-20-18(13-35-21)25-24(31)29(23(20)30)16-8-4-9-17(12-16)36(32,33)28-11-5-7-15-6-2-3-10-19(15)28/h2-4,6,8-10,12-13H,5,7,11H2,1H3,(H,25,31). The van der Waals surface area contributed by atoms with Crippen molar-refractivity contribution in [3.8, 4) is 16.5 Å². The van der Waals surface area contributed by atoms with Gasteiger partial charge in [-0.3, -0.25) is 9.10 Å². The second-order valence-electron chi connectivity index (χ2n) is 8.36. The number of aryl methyl sites for hydroxylation is 2. The summed E-state index contributed by atoms with van der Waals surface area (Å²) in [6.07, 6.45) is 1.50. The van der Waals surface area contributed by atoms with Crippen LogP contribution in [-0.2, 0) is 16.4 Å². The molecule has 0 radical (unpaired) electrons. The first-order valence-corrected chi connectivity index (χ1v) is 13.4. The Morgan fingerprint density at radius 1 is 1.08 bits per heavy atom. The summed E-state index contributed by atoms with van der Waals surface area (Å²) in [4.78, 5) is 29.6. The van der Waals surface area contributed by atoms with Gasteiger partial charge in [0.15, 0.2) is 0 Å². The van der Waals surface area contributed by atoms with Gasteiger partial charge in [-0.25, -0.2) is 17.8 Å². The number of anilines is 1. The Morgan fingerprint density at radius 2 is 1.92 bits per heavy atom. The van der Waals surface area contributed by atoms with Crippen molar-refractivity contribution < 1.29 is 12.8 Å². The van der Waals surface area contributed by atoms with Crippen molar-refractivity contribution in [2.24, 2.45) is 0 Å². The van der Waals surface area contributed by atoms with Gasteiger partial charge in [-0.05, 0) is 42.7 Å². The van der Waals surface area contributed by atoms with Crippen LogP contribution in [0.1, 0.15) is 17.9 Å². The number of aromatic amines is 1. The van der Waals surface area contributed by atoms with E-state index in [1.165, 1.54) is 39.9 Å². The topological polar surface area (TPSA) is 131 Å². The molecule has 6 rings (SSSR count). The third-order valence-corrected chi connectivity index (χ3v) is 8.88. The third-order valence-electron chi connectivity index (χ3n) is 6.10. The molecule has 0 aliphatic carbocycles. The summed E-state index contributed by atoms with van der Waals surface area (Å²) in [6, 6.07) is 13.3. The zero-order valence-corrected chi connectivity index (χ0v) is 20.6. The molecule has 182 valence electrons. The molecule has 5 aromatic rings. The number of rotatable bonds is 4. The van der Waals surface area contributed by atoms with E-state index < -0.39 is 21.3 Å². The van der Waals surface area contributed by atoms with Gasteiger partial charge in [-0.15, -0.1) is 21.5 Å². The zero-order valence-electron chi connectivity index (χ0n) is 19.0. The van der Waals surface area contributed by atoms with Crippen molar-refractivity contribution >= 4 is 38.0 Å². The van der Waals surface area contributed by atoms with E-state index in [-0.39, 0.29) is 21.9 Å². The smallest absolute Gasteiger partial charge is 0.333 e. The van der Waals surface area contributed by atoms with Gasteiger partial charge in [0, 0.05) is 18.8 Å². The molecule has 1 aliphatic heterocycles. The van der Waals surface area contributed by atoms with Crippen LogP contribution in [-0.4, -0.2) is 34.7 Å². The number of nitrogens with zero attached hydrogens (tertiary/aromatic N) is 4. The summed E-state index contributed by atoms with van der Waals surface area (Å²) < 4.78 is 35.1. The molecule has 0 unspecified atom stereocenters. The molecule has 0 amide bonds. The fourth-order valence-electron chi connectivity index (χ4n) is 4.48. The van der Waals surface area contributed by atoms with Crippen molar-refractivity contribution in [1.29, 1.82) is 0 Å². The van der Waals surface area contributed by atoms with Crippen LogP contribution in [0.25, 0.3) is 27.4 Å². The molecule has 10 nitrogen and oxygen atoms in total. The van der Waals surface area contributed by atoms with E-state index in [0.29, 0.717) is 34.9 Å². The SMILES string of the molecule is Cc1nnc(-c2scc3[nH]c(=O)n(-c4cccc(S(=O)(=O)N5CCCc6ccccc65)c4)c(=O)c23)o1. The summed E-state index contributed by atoms with van der Waals surface area (Å²) in [5.41, 5.74) is 0.778. The Kier molecular flexibility index (Phi) is 5.16. The van der Waals surface area contributed by atoms with Gasteiger partial charge in [0.2, 0.25) is 5.89 Å². The Hall–Kier alpha value is -4.03. The highest BCUT2D eigenvalue weighted by molar-refractivity contribution is 7.92. The fraction of sp³-hybridized carbons (Fsp3) is 0.167. The minimum Gasteiger partial charge on any atom is -0.420 e. The Labute approximate surface area is 208 Å². The first-order chi connectivity index (χ1) is 17.3. The van der Waals surface area contributed by atoms with Gasteiger partial charge in [-0.2, -0.15) is 0 Å². The third kappa shape index (κ3) is 3.48. The van der Waals surface area contributed by atoms with Gasteiger partial charge < -0.3 is 9.40 Å². The first kappa shape index (κ1) is 22.4. The maximum Gasteiger partial charge on any atom is 0.333 e. The quantitative estimate of drug-likeness (QED) is 0.384. The average molecular weight is 522 g/mol. The molecule has 36 heavy (non-hydrogen) atoms. The molecule has 12 heteroatoms. The molecule has 4 heterocycles. The van der Waals surface area contributed by atoms with Crippen LogP contribution in [0, 0.1) is 6.92 Å². The van der Waals surface area contributed by atoms with Crippen LogP contribution in [0.3, 0.4) is 0 Å². The number of para-hydroxylation sites is 1. The Balaban J connectivity index is 1.50. The molecule has 0 atom stereocenters. The van der Waals surface area contributed by atoms with Gasteiger partial charge >= 0.3 is 5.69 Å². The van der Waals surface area contributed by atoms with Crippen LogP contribution < -0.4 is 15.6 Å².